The van der Waals surface area contributed by atoms with Gasteiger partial charge in [-0.05, 0) is 31.4 Å². The Morgan fingerprint density at radius 1 is 1.21 bits per heavy atom. The van der Waals surface area contributed by atoms with Crippen molar-refractivity contribution in [1.29, 1.82) is 0 Å². The van der Waals surface area contributed by atoms with Crippen LogP contribution in [0.2, 0.25) is 0 Å². The van der Waals surface area contributed by atoms with Gasteiger partial charge in [0.15, 0.2) is 0 Å². The largest absolute Gasteiger partial charge is 0.423 e. The highest BCUT2D eigenvalue weighted by atomic mass is 19.4. The lowest BCUT2D eigenvalue weighted by atomic mass is 10.0. The summed E-state index contributed by atoms with van der Waals surface area (Å²) in [5.41, 5.74) is 1.20. The van der Waals surface area contributed by atoms with Crippen LogP contribution in [0.15, 0.2) is 40.9 Å². The molecule has 0 saturated carbocycles. The van der Waals surface area contributed by atoms with Gasteiger partial charge in [0.1, 0.15) is 12.5 Å². The van der Waals surface area contributed by atoms with Crippen molar-refractivity contribution >= 4 is 16.8 Å². The van der Waals surface area contributed by atoms with Crippen LogP contribution in [0, 0.1) is 0 Å². The molecule has 28 heavy (non-hydrogen) atoms. The minimum atomic E-state index is -4.43. The van der Waals surface area contributed by atoms with Crippen LogP contribution in [-0.4, -0.2) is 38.7 Å². The fraction of sp³-hybridized carbons (Fsp3) is 0.368. The minimum absolute atomic E-state index is 0.0426. The highest BCUT2D eigenvalue weighted by molar-refractivity contribution is 5.97. The van der Waals surface area contributed by atoms with Crippen molar-refractivity contribution < 1.29 is 22.4 Å². The number of alkyl halides is 3. The molecule has 6 nitrogen and oxygen atoms in total. The first-order chi connectivity index (χ1) is 13.4. The number of piperidine rings is 1. The highest BCUT2D eigenvalue weighted by Gasteiger charge is 2.35. The van der Waals surface area contributed by atoms with Gasteiger partial charge in [-0.1, -0.05) is 18.2 Å². The van der Waals surface area contributed by atoms with Crippen molar-refractivity contribution in [1.82, 2.24) is 20.1 Å². The molecule has 0 bridgehead atoms. The molecule has 1 aliphatic heterocycles. The predicted octanol–water partition coefficient (Wildman–Crippen LogP) is 4.09. The molecule has 1 aliphatic rings. The molecule has 1 fully saturated rings. The molecule has 1 saturated heterocycles. The van der Waals surface area contributed by atoms with Crippen LogP contribution in [-0.2, 0) is 6.42 Å². The summed E-state index contributed by atoms with van der Waals surface area (Å²) in [5, 5.41) is 8.11. The lowest BCUT2D eigenvalue weighted by Crippen LogP contribution is -2.38. The van der Waals surface area contributed by atoms with E-state index in [0.717, 1.165) is 23.7 Å². The second-order valence-electron chi connectivity index (χ2n) is 6.75. The van der Waals surface area contributed by atoms with Crippen LogP contribution >= 0.6 is 0 Å². The molecule has 4 rings (SSSR count). The van der Waals surface area contributed by atoms with Gasteiger partial charge in [0, 0.05) is 18.1 Å². The second-order valence-corrected chi connectivity index (χ2v) is 6.75. The van der Waals surface area contributed by atoms with Crippen LogP contribution < -0.4 is 0 Å². The van der Waals surface area contributed by atoms with Crippen LogP contribution in [0.25, 0.3) is 10.9 Å². The molecule has 9 heteroatoms. The number of hydrogen-bond acceptors (Lipinski definition) is 5. The Labute approximate surface area is 158 Å². The quantitative estimate of drug-likeness (QED) is 0.674. The van der Waals surface area contributed by atoms with Gasteiger partial charge in [-0.15, -0.1) is 10.2 Å². The number of benzene rings is 1. The molecule has 3 heterocycles. The van der Waals surface area contributed by atoms with E-state index in [1.807, 2.05) is 24.3 Å². The molecule has 1 amide bonds. The highest BCUT2D eigenvalue weighted by Crippen LogP contribution is 2.32. The Bertz CT molecular complexity index is 1000. The summed E-state index contributed by atoms with van der Waals surface area (Å²) >= 11 is 0. The average Bonchev–Trinajstić information content (AvgIpc) is 3.13. The second kappa shape index (κ2) is 7.21. The number of nitrogens with zero attached hydrogens (tertiary/aromatic N) is 4. The SMILES string of the molecule is O=C(c1cnc2ccccc2c1)N1CCCC[C@@H]1c1nnc(CC(F)(F)F)o1. The summed E-state index contributed by atoms with van der Waals surface area (Å²) < 4.78 is 42.9. The van der Waals surface area contributed by atoms with Gasteiger partial charge in [-0.2, -0.15) is 13.2 Å². The van der Waals surface area contributed by atoms with Crippen LogP contribution in [0.4, 0.5) is 13.2 Å². The monoisotopic (exact) mass is 390 g/mol. The molecule has 2 aromatic heterocycles. The van der Waals surface area contributed by atoms with Gasteiger partial charge >= 0.3 is 6.18 Å². The Morgan fingerprint density at radius 2 is 2.04 bits per heavy atom. The summed E-state index contributed by atoms with van der Waals surface area (Å²) in [6.45, 7) is 0.466. The lowest BCUT2D eigenvalue weighted by molar-refractivity contribution is -0.131. The van der Waals surface area contributed by atoms with Crippen LogP contribution in [0.3, 0.4) is 0 Å². The van der Waals surface area contributed by atoms with Crippen molar-refractivity contribution in [2.75, 3.05) is 6.54 Å². The molecular formula is C19H17F3N4O2. The average molecular weight is 390 g/mol. The van der Waals surface area contributed by atoms with E-state index < -0.39 is 24.5 Å². The van der Waals surface area contributed by atoms with Crippen LogP contribution in [0.1, 0.15) is 47.4 Å². The van der Waals surface area contributed by atoms with Crippen molar-refractivity contribution in [2.24, 2.45) is 0 Å². The summed E-state index contributed by atoms with van der Waals surface area (Å²) in [5.74, 6) is -0.701. The molecule has 3 aromatic rings. The zero-order chi connectivity index (χ0) is 19.7. The summed E-state index contributed by atoms with van der Waals surface area (Å²) in [6, 6.07) is 8.68. The maximum atomic E-state index is 13.1. The van der Waals surface area contributed by atoms with Gasteiger partial charge in [-0.25, -0.2) is 0 Å². The van der Waals surface area contributed by atoms with Gasteiger partial charge in [0.25, 0.3) is 5.91 Å². The van der Waals surface area contributed by atoms with Crippen molar-refractivity contribution in [2.45, 2.75) is 37.9 Å². The maximum Gasteiger partial charge on any atom is 0.397 e. The predicted molar refractivity (Wildman–Crippen MR) is 93.4 cm³/mol. The molecule has 0 radical (unpaired) electrons. The number of halogens is 3. The van der Waals surface area contributed by atoms with Crippen molar-refractivity contribution in [3.8, 4) is 0 Å². The fourth-order valence-electron chi connectivity index (χ4n) is 3.43. The van der Waals surface area contributed by atoms with E-state index in [1.165, 1.54) is 6.20 Å². The Hall–Kier alpha value is -2.97. The number of hydrogen-bond donors (Lipinski definition) is 0. The molecular weight excluding hydrogens is 373 g/mol. The third kappa shape index (κ3) is 3.83. The number of pyridine rings is 1. The van der Waals surface area contributed by atoms with E-state index >= 15 is 0 Å². The fourth-order valence-corrected chi connectivity index (χ4v) is 3.43. The van der Waals surface area contributed by atoms with E-state index in [1.54, 1.807) is 11.0 Å². The number of aromatic nitrogens is 3. The molecule has 0 aliphatic carbocycles. The van der Waals surface area contributed by atoms with Gasteiger partial charge in [-0.3, -0.25) is 9.78 Å². The topological polar surface area (TPSA) is 72.1 Å². The zero-order valence-electron chi connectivity index (χ0n) is 14.8. The first-order valence-corrected chi connectivity index (χ1v) is 8.95. The Kier molecular flexibility index (Phi) is 4.74. The number of carbonyl (C=O) groups is 1. The Morgan fingerprint density at radius 3 is 2.86 bits per heavy atom. The number of carbonyl (C=O) groups excluding carboxylic acids is 1. The smallest absolute Gasteiger partial charge is 0.397 e. The first-order valence-electron chi connectivity index (χ1n) is 8.95. The van der Waals surface area contributed by atoms with Crippen molar-refractivity contribution in [3.63, 3.8) is 0 Å². The number of para-hydroxylation sites is 1. The minimum Gasteiger partial charge on any atom is -0.423 e. The van der Waals surface area contributed by atoms with E-state index in [0.29, 0.717) is 18.5 Å². The molecule has 146 valence electrons. The van der Waals surface area contributed by atoms with Crippen molar-refractivity contribution in [3.05, 3.63) is 53.9 Å². The lowest BCUT2D eigenvalue weighted by Gasteiger charge is -2.33. The number of amides is 1. The zero-order valence-corrected chi connectivity index (χ0v) is 14.8. The normalized spacial score (nSPS) is 17.8. The van der Waals surface area contributed by atoms with E-state index in [9.17, 15) is 18.0 Å². The van der Waals surface area contributed by atoms with Crippen LogP contribution in [0.5, 0.6) is 0 Å². The molecule has 0 spiro atoms. The van der Waals surface area contributed by atoms with Gasteiger partial charge < -0.3 is 9.32 Å². The number of likely N-dealkylation sites (tertiary alicyclic amines) is 1. The first kappa shape index (κ1) is 18.4. The molecule has 0 unspecified atom stereocenters. The summed E-state index contributed by atoms with van der Waals surface area (Å²) in [6.07, 6.45) is -2.02. The third-order valence-corrected chi connectivity index (χ3v) is 4.72. The van der Waals surface area contributed by atoms with Gasteiger partial charge in [0.2, 0.25) is 11.8 Å². The molecule has 1 atom stereocenters. The van der Waals surface area contributed by atoms with E-state index in [-0.39, 0.29) is 11.8 Å². The number of fused-ring (bicyclic) bond motifs is 1. The molecule has 0 N–H and O–H groups in total. The summed E-state index contributed by atoms with van der Waals surface area (Å²) in [4.78, 5) is 19.0. The maximum absolute atomic E-state index is 13.1. The standard InChI is InChI=1S/C19H17F3N4O2/c20-19(21,22)10-16-24-25-17(28-16)15-7-3-4-8-26(15)18(27)13-9-12-5-1-2-6-14(12)23-11-13/h1-2,5-6,9,11,15H,3-4,7-8,10H2/t15-/m1/s1. The Balaban J connectivity index is 1.60. The third-order valence-electron chi connectivity index (χ3n) is 4.72. The molecule has 1 aromatic carbocycles. The summed E-state index contributed by atoms with van der Waals surface area (Å²) in [7, 11) is 0. The van der Waals surface area contributed by atoms with E-state index in [4.69, 9.17) is 4.42 Å². The van der Waals surface area contributed by atoms with Gasteiger partial charge in [0.05, 0.1) is 11.1 Å². The van der Waals surface area contributed by atoms with E-state index in [2.05, 4.69) is 15.2 Å². The number of rotatable bonds is 3.